The maximum atomic E-state index is 4.10. The van der Waals surface area contributed by atoms with Crippen molar-refractivity contribution in [1.29, 1.82) is 0 Å². The van der Waals surface area contributed by atoms with E-state index in [-0.39, 0.29) is 0 Å². The Morgan fingerprint density at radius 2 is 2.12 bits per heavy atom. The highest BCUT2D eigenvalue weighted by Gasteiger charge is 2.11. The van der Waals surface area contributed by atoms with E-state index in [1.807, 2.05) is 12.2 Å². The van der Waals surface area contributed by atoms with Gasteiger partial charge in [0.25, 0.3) is 0 Å². The molecule has 0 heterocycles. The minimum atomic E-state index is 1.08. The number of rotatable bonds is 3. The molecule has 1 aliphatic rings. The lowest BCUT2D eigenvalue weighted by Gasteiger charge is -2.17. The molecule has 0 N–H and O–H groups in total. The van der Waals surface area contributed by atoms with E-state index in [0.29, 0.717) is 0 Å². The molecule has 0 aliphatic heterocycles. The summed E-state index contributed by atoms with van der Waals surface area (Å²) in [6.07, 6.45) is 10.2. The molecule has 0 bridgehead atoms. The summed E-state index contributed by atoms with van der Waals surface area (Å²) in [5.74, 6) is 0. The van der Waals surface area contributed by atoms with Gasteiger partial charge in [0.2, 0.25) is 0 Å². The van der Waals surface area contributed by atoms with E-state index < -0.39 is 0 Å². The van der Waals surface area contributed by atoms with Crippen LogP contribution in [0.5, 0.6) is 0 Å². The molecule has 0 fully saturated rings. The fourth-order valence-corrected chi connectivity index (χ4v) is 2.17. The Bertz CT molecular complexity index is 513. The van der Waals surface area contributed by atoms with Crippen molar-refractivity contribution in [3.8, 4) is 0 Å². The van der Waals surface area contributed by atoms with Crippen LogP contribution >= 0.6 is 0 Å². The molecule has 0 saturated carbocycles. The van der Waals surface area contributed by atoms with Crippen LogP contribution in [0.2, 0.25) is 0 Å². The molecule has 0 aromatic heterocycles. The number of allylic oxidation sites excluding steroid dienone is 5. The van der Waals surface area contributed by atoms with E-state index in [1.54, 1.807) is 6.08 Å². The van der Waals surface area contributed by atoms with Gasteiger partial charge in [0.1, 0.15) is 0 Å². The molecular weight excluding hydrogens is 204 g/mol. The first-order valence-electron chi connectivity index (χ1n) is 5.99. The lowest BCUT2D eigenvalue weighted by atomic mass is 9.88. The number of fused-ring (bicyclic) bond motifs is 1. The highest BCUT2D eigenvalue weighted by atomic mass is 14.2. The van der Waals surface area contributed by atoms with Gasteiger partial charge in [0.05, 0.1) is 0 Å². The van der Waals surface area contributed by atoms with Crippen LogP contribution in [0.1, 0.15) is 23.1 Å². The Labute approximate surface area is 104 Å². The number of benzene rings is 1. The zero-order valence-corrected chi connectivity index (χ0v) is 10.4. The van der Waals surface area contributed by atoms with Gasteiger partial charge in [-0.15, -0.1) is 0 Å². The second-order valence-corrected chi connectivity index (χ2v) is 4.49. The standard InChI is InChI=1S/C17H18/c1-4-5-6-14(3)15-9-10-16-11-13(2)7-8-17(16)12-15/h4-8,11-12H,1,3,9-10H2,2H3/b6-5-. The summed E-state index contributed by atoms with van der Waals surface area (Å²) in [4.78, 5) is 0. The van der Waals surface area contributed by atoms with Crippen molar-refractivity contribution in [2.75, 3.05) is 0 Å². The van der Waals surface area contributed by atoms with Gasteiger partial charge in [-0.3, -0.25) is 0 Å². The molecule has 0 unspecified atom stereocenters. The van der Waals surface area contributed by atoms with Crippen LogP contribution in [0.4, 0.5) is 0 Å². The van der Waals surface area contributed by atoms with Gasteiger partial charge >= 0.3 is 0 Å². The minimum absolute atomic E-state index is 1.08. The quantitative estimate of drug-likeness (QED) is 0.654. The van der Waals surface area contributed by atoms with E-state index >= 15 is 0 Å². The summed E-state index contributed by atoms with van der Waals surface area (Å²) < 4.78 is 0. The van der Waals surface area contributed by atoms with Crippen LogP contribution < -0.4 is 0 Å². The van der Waals surface area contributed by atoms with Gasteiger partial charge in [-0.2, -0.15) is 0 Å². The molecule has 1 aromatic carbocycles. The van der Waals surface area contributed by atoms with E-state index in [1.165, 1.54) is 22.3 Å². The average molecular weight is 222 g/mol. The van der Waals surface area contributed by atoms with Gasteiger partial charge in [-0.25, -0.2) is 0 Å². The van der Waals surface area contributed by atoms with E-state index in [0.717, 1.165) is 18.4 Å². The molecule has 86 valence electrons. The van der Waals surface area contributed by atoms with Crippen LogP contribution in [0.25, 0.3) is 6.08 Å². The van der Waals surface area contributed by atoms with Crippen molar-refractivity contribution in [2.45, 2.75) is 19.8 Å². The SMILES string of the molecule is C=C/C=C\C(=C)C1=Cc2ccc(C)cc2CC1. The molecule has 0 nitrogen and oxygen atoms in total. The second kappa shape index (κ2) is 5.01. The zero-order chi connectivity index (χ0) is 12.3. The van der Waals surface area contributed by atoms with Gasteiger partial charge in [0, 0.05) is 0 Å². The Balaban J connectivity index is 2.29. The molecule has 0 saturated heterocycles. The normalized spacial score (nSPS) is 14.3. The summed E-state index contributed by atoms with van der Waals surface area (Å²) >= 11 is 0. The third kappa shape index (κ3) is 2.65. The third-order valence-corrected chi connectivity index (χ3v) is 3.14. The van der Waals surface area contributed by atoms with Crippen LogP contribution in [0.15, 0.2) is 60.7 Å². The van der Waals surface area contributed by atoms with Gasteiger partial charge < -0.3 is 0 Å². The third-order valence-electron chi connectivity index (χ3n) is 3.14. The Morgan fingerprint density at radius 1 is 1.29 bits per heavy atom. The fourth-order valence-electron chi connectivity index (χ4n) is 2.17. The molecule has 0 radical (unpaired) electrons. The Kier molecular flexibility index (Phi) is 3.43. The van der Waals surface area contributed by atoms with E-state index in [9.17, 15) is 0 Å². The van der Waals surface area contributed by atoms with E-state index in [2.05, 4.69) is 44.4 Å². The van der Waals surface area contributed by atoms with Crippen molar-refractivity contribution in [2.24, 2.45) is 0 Å². The Hall–Kier alpha value is -1.82. The van der Waals surface area contributed by atoms with Crippen molar-refractivity contribution < 1.29 is 0 Å². The van der Waals surface area contributed by atoms with Crippen molar-refractivity contribution in [3.63, 3.8) is 0 Å². The summed E-state index contributed by atoms with van der Waals surface area (Å²) in [6.45, 7) is 9.92. The molecule has 0 atom stereocenters. The monoisotopic (exact) mass is 222 g/mol. The largest absolute Gasteiger partial charge is 0.0991 e. The molecule has 0 heteroatoms. The van der Waals surface area contributed by atoms with Crippen LogP contribution in [0.3, 0.4) is 0 Å². The highest BCUT2D eigenvalue weighted by Crippen LogP contribution is 2.28. The topological polar surface area (TPSA) is 0 Å². The molecule has 0 amide bonds. The van der Waals surface area contributed by atoms with E-state index in [4.69, 9.17) is 0 Å². The predicted molar refractivity (Wildman–Crippen MR) is 76.0 cm³/mol. The summed E-state index contributed by atoms with van der Waals surface area (Å²) in [5, 5.41) is 0. The molecule has 1 aromatic rings. The summed E-state index contributed by atoms with van der Waals surface area (Å²) in [6, 6.07) is 6.65. The minimum Gasteiger partial charge on any atom is -0.0991 e. The van der Waals surface area contributed by atoms with Crippen molar-refractivity contribution >= 4 is 6.08 Å². The van der Waals surface area contributed by atoms with Crippen molar-refractivity contribution in [3.05, 3.63) is 77.4 Å². The molecular formula is C17H18. The van der Waals surface area contributed by atoms with Crippen LogP contribution in [0, 0.1) is 6.92 Å². The maximum absolute atomic E-state index is 4.10. The number of aryl methyl sites for hydroxylation is 2. The van der Waals surface area contributed by atoms with Crippen LogP contribution in [-0.4, -0.2) is 0 Å². The molecule has 17 heavy (non-hydrogen) atoms. The van der Waals surface area contributed by atoms with Crippen LogP contribution in [-0.2, 0) is 6.42 Å². The molecule has 2 rings (SSSR count). The Morgan fingerprint density at radius 3 is 2.88 bits per heavy atom. The number of hydrogen-bond donors (Lipinski definition) is 0. The molecule has 1 aliphatic carbocycles. The second-order valence-electron chi connectivity index (χ2n) is 4.49. The van der Waals surface area contributed by atoms with Gasteiger partial charge in [0.15, 0.2) is 0 Å². The first-order chi connectivity index (χ1) is 8.20. The first-order valence-corrected chi connectivity index (χ1v) is 5.99. The smallest absolute Gasteiger partial charge is 0.0221 e. The maximum Gasteiger partial charge on any atom is -0.0221 e. The number of hydrogen-bond acceptors (Lipinski definition) is 0. The average Bonchev–Trinajstić information content (AvgIpc) is 2.35. The lowest BCUT2D eigenvalue weighted by molar-refractivity contribution is 0.939. The summed E-state index contributed by atoms with van der Waals surface area (Å²) in [5.41, 5.74) is 6.56. The zero-order valence-electron chi connectivity index (χ0n) is 10.4. The summed E-state index contributed by atoms with van der Waals surface area (Å²) in [7, 11) is 0. The van der Waals surface area contributed by atoms with Gasteiger partial charge in [-0.1, -0.05) is 61.2 Å². The lowest BCUT2D eigenvalue weighted by Crippen LogP contribution is -2.00. The van der Waals surface area contributed by atoms with Gasteiger partial charge in [-0.05, 0) is 42.0 Å². The highest BCUT2D eigenvalue weighted by molar-refractivity contribution is 5.65. The molecule has 0 spiro atoms. The first kappa shape index (κ1) is 11.7. The fraction of sp³-hybridized carbons (Fsp3) is 0.176. The predicted octanol–water partition coefficient (Wildman–Crippen LogP) is 4.62. The van der Waals surface area contributed by atoms with Crippen molar-refractivity contribution in [1.82, 2.24) is 0 Å².